The van der Waals surface area contributed by atoms with Gasteiger partial charge >= 0.3 is 0 Å². The maximum absolute atomic E-state index is 13.3. The molecule has 2 amide bonds. The summed E-state index contributed by atoms with van der Waals surface area (Å²) in [6, 6.07) is 20.7. The van der Waals surface area contributed by atoms with Gasteiger partial charge in [-0.2, -0.15) is 0 Å². The number of carbonyl (C=O) groups excluding carboxylic acids is 2. The molecule has 6 heteroatoms. The van der Waals surface area contributed by atoms with Crippen LogP contribution in [0.4, 0.5) is 11.4 Å². The van der Waals surface area contributed by atoms with Gasteiger partial charge in [0.15, 0.2) is 0 Å². The monoisotopic (exact) mass is 476 g/mol. The number of para-hydroxylation sites is 2. The van der Waals surface area contributed by atoms with E-state index >= 15 is 0 Å². The highest BCUT2D eigenvalue weighted by atomic mass is 35.5. The standard InChI is InChI=1S/C28H29ClN2O3/c1-19-16-23(17-20(2)26(19)29)34-15-9-14-30-24-12-7-8-13-25(24)31(18-21(3)27(30)32)28(33)22-10-5-4-6-11-22/h4-8,10-13,16-17,21H,9,14-15,18H2,1-3H3. The molecule has 1 heterocycles. The number of nitrogens with zero attached hydrogens (tertiary/aromatic N) is 2. The Kier molecular flexibility index (Phi) is 7.23. The van der Waals surface area contributed by atoms with Gasteiger partial charge in [-0.15, -0.1) is 0 Å². The van der Waals surface area contributed by atoms with Gasteiger partial charge in [0.05, 0.1) is 23.9 Å². The summed E-state index contributed by atoms with van der Waals surface area (Å²) in [6.45, 7) is 7.09. The maximum atomic E-state index is 13.3. The number of amides is 2. The van der Waals surface area contributed by atoms with E-state index in [1.54, 1.807) is 21.9 Å². The maximum Gasteiger partial charge on any atom is 0.258 e. The largest absolute Gasteiger partial charge is 0.494 e. The average molecular weight is 477 g/mol. The molecule has 0 aromatic heterocycles. The van der Waals surface area contributed by atoms with Crippen LogP contribution in [-0.2, 0) is 4.79 Å². The molecule has 0 fully saturated rings. The molecule has 1 aliphatic rings. The molecule has 0 N–H and O–H groups in total. The van der Waals surface area contributed by atoms with Crippen LogP contribution in [0, 0.1) is 19.8 Å². The van der Waals surface area contributed by atoms with Gasteiger partial charge in [-0.3, -0.25) is 9.59 Å². The molecule has 5 nitrogen and oxygen atoms in total. The molecule has 3 aromatic carbocycles. The number of fused-ring (bicyclic) bond motifs is 1. The molecule has 1 atom stereocenters. The van der Waals surface area contributed by atoms with Crippen molar-refractivity contribution in [3.63, 3.8) is 0 Å². The lowest BCUT2D eigenvalue weighted by molar-refractivity contribution is -0.121. The van der Waals surface area contributed by atoms with Crippen molar-refractivity contribution in [2.45, 2.75) is 27.2 Å². The van der Waals surface area contributed by atoms with Crippen LogP contribution < -0.4 is 14.5 Å². The summed E-state index contributed by atoms with van der Waals surface area (Å²) < 4.78 is 5.95. The lowest BCUT2D eigenvalue weighted by Crippen LogP contribution is -2.39. The fourth-order valence-electron chi connectivity index (χ4n) is 4.32. The van der Waals surface area contributed by atoms with E-state index in [1.165, 1.54) is 0 Å². The van der Waals surface area contributed by atoms with E-state index in [2.05, 4.69) is 0 Å². The number of anilines is 2. The van der Waals surface area contributed by atoms with Gasteiger partial charge in [-0.05, 0) is 67.8 Å². The van der Waals surface area contributed by atoms with Gasteiger partial charge in [-0.25, -0.2) is 0 Å². The molecule has 3 aromatic rings. The number of rotatable bonds is 6. The van der Waals surface area contributed by atoms with Crippen LogP contribution in [0.1, 0.15) is 34.8 Å². The summed E-state index contributed by atoms with van der Waals surface area (Å²) in [5, 5.41) is 0.753. The first-order valence-electron chi connectivity index (χ1n) is 11.5. The first kappa shape index (κ1) is 23.8. The van der Waals surface area contributed by atoms with Crippen LogP contribution in [0.2, 0.25) is 5.02 Å². The number of ether oxygens (including phenoxy) is 1. The Bertz CT molecular complexity index is 1170. The number of benzene rings is 3. The summed E-state index contributed by atoms with van der Waals surface area (Å²) in [7, 11) is 0. The molecule has 0 bridgehead atoms. The van der Waals surface area contributed by atoms with Crippen molar-refractivity contribution in [3.8, 4) is 5.75 Å². The summed E-state index contributed by atoms with van der Waals surface area (Å²) in [4.78, 5) is 30.2. The van der Waals surface area contributed by atoms with E-state index in [-0.39, 0.29) is 17.7 Å². The minimum atomic E-state index is -0.331. The number of hydrogen-bond acceptors (Lipinski definition) is 3. The van der Waals surface area contributed by atoms with Crippen molar-refractivity contribution in [3.05, 3.63) is 88.4 Å². The Morgan fingerprint density at radius 1 is 1.00 bits per heavy atom. The van der Waals surface area contributed by atoms with E-state index in [4.69, 9.17) is 16.3 Å². The molecule has 1 aliphatic heterocycles. The summed E-state index contributed by atoms with van der Waals surface area (Å²) >= 11 is 6.25. The van der Waals surface area contributed by atoms with Crippen molar-refractivity contribution in [2.24, 2.45) is 5.92 Å². The topological polar surface area (TPSA) is 49.9 Å². The Morgan fingerprint density at radius 3 is 2.29 bits per heavy atom. The van der Waals surface area contributed by atoms with Crippen molar-refractivity contribution in [1.29, 1.82) is 0 Å². The Balaban J connectivity index is 1.52. The number of halogens is 1. The van der Waals surface area contributed by atoms with Gasteiger partial charge in [0.2, 0.25) is 5.91 Å². The normalized spacial score (nSPS) is 15.6. The van der Waals surface area contributed by atoms with Gasteiger partial charge in [0.1, 0.15) is 5.75 Å². The molecule has 4 rings (SSSR count). The summed E-state index contributed by atoms with van der Waals surface area (Å²) in [5.41, 5.74) is 4.06. The highest BCUT2D eigenvalue weighted by Gasteiger charge is 2.33. The second-order valence-electron chi connectivity index (χ2n) is 8.73. The molecular weight excluding hydrogens is 448 g/mol. The molecular formula is C28H29ClN2O3. The second kappa shape index (κ2) is 10.3. The highest BCUT2D eigenvalue weighted by molar-refractivity contribution is 6.32. The lowest BCUT2D eigenvalue weighted by atomic mass is 10.1. The third-order valence-corrected chi connectivity index (χ3v) is 6.67. The van der Waals surface area contributed by atoms with Gasteiger partial charge in [-0.1, -0.05) is 48.9 Å². The minimum Gasteiger partial charge on any atom is -0.494 e. The summed E-state index contributed by atoms with van der Waals surface area (Å²) in [5.74, 6) is 0.345. The Hall–Kier alpha value is -3.31. The van der Waals surface area contributed by atoms with Crippen LogP contribution in [-0.4, -0.2) is 31.5 Å². The molecule has 0 radical (unpaired) electrons. The van der Waals surface area contributed by atoms with Crippen molar-refractivity contribution >= 4 is 34.8 Å². The predicted molar refractivity (Wildman–Crippen MR) is 137 cm³/mol. The number of carbonyl (C=O) groups is 2. The number of hydrogen-bond donors (Lipinski definition) is 0. The fourth-order valence-corrected chi connectivity index (χ4v) is 4.43. The van der Waals surface area contributed by atoms with Crippen molar-refractivity contribution in [1.82, 2.24) is 0 Å². The van der Waals surface area contributed by atoms with E-state index in [1.807, 2.05) is 75.4 Å². The van der Waals surface area contributed by atoms with Gasteiger partial charge in [0.25, 0.3) is 5.91 Å². The van der Waals surface area contributed by atoms with E-state index < -0.39 is 0 Å². The Labute approximate surface area is 205 Å². The third kappa shape index (κ3) is 4.95. The SMILES string of the molecule is Cc1cc(OCCCN2C(=O)C(C)CN(C(=O)c3ccccc3)c3ccccc32)cc(C)c1Cl. The molecule has 0 spiro atoms. The quantitative estimate of drug-likeness (QED) is 0.406. The van der Waals surface area contributed by atoms with E-state index in [9.17, 15) is 9.59 Å². The van der Waals surface area contributed by atoms with Crippen molar-refractivity contribution in [2.75, 3.05) is 29.5 Å². The van der Waals surface area contributed by atoms with Crippen molar-refractivity contribution < 1.29 is 14.3 Å². The second-order valence-corrected chi connectivity index (χ2v) is 9.11. The average Bonchev–Trinajstić information content (AvgIpc) is 2.95. The van der Waals surface area contributed by atoms with E-state index in [0.717, 1.165) is 33.3 Å². The zero-order valence-electron chi connectivity index (χ0n) is 19.8. The zero-order chi connectivity index (χ0) is 24.2. The molecule has 0 saturated carbocycles. The first-order chi connectivity index (χ1) is 16.4. The molecule has 1 unspecified atom stereocenters. The van der Waals surface area contributed by atoms with Crippen LogP contribution in [0.25, 0.3) is 0 Å². The first-order valence-corrected chi connectivity index (χ1v) is 11.9. The van der Waals surface area contributed by atoms with Crippen LogP contribution in [0.15, 0.2) is 66.7 Å². The van der Waals surface area contributed by atoms with Crippen LogP contribution in [0.3, 0.4) is 0 Å². The third-order valence-electron chi connectivity index (χ3n) is 6.08. The molecule has 0 saturated heterocycles. The molecule has 34 heavy (non-hydrogen) atoms. The van der Waals surface area contributed by atoms with Crippen LogP contribution >= 0.6 is 11.6 Å². The van der Waals surface area contributed by atoms with Gasteiger partial charge < -0.3 is 14.5 Å². The van der Waals surface area contributed by atoms with Gasteiger partial charge in [0, 0.05) is 23.7 Å². The smallest absolute Gasteiger partial charge is 0.258 e. The lowest BCUT2D eigenvalue weighted by Gasteiger charge is -2.25. The zero-order valence-corrected chi connectivity index (χ0v) is 20.5. The van der Waals surface area contributed by atoms with E-state index in [0.29, 0.717) is 31.7 Å². The minimum absolute atomic E-state index is 0.00833. The molecule has 176 valence electrons. The predicted octanol–water partition coefficient (Wildman–Crippen LogP) is 6.06. The highest BCUT2D eigenvalue weighted by Crippen LogP contribution is 2.35. The molecule has 0 aliphatic carbocycles. The number of aryl methyl sites for hydroxylation is 2. The summed E-state index contributed by atoms with van der Waals surface area (Å²) in [6.07, 6.45) is 0.653. The Morgan fingerprint density at radius 2 is 1.62 bits per heavy atom. The van der Waals surface area contributed by atoms with Crippen LogP contribution in [0.5, 0.6) is 5.75 Å². The fraction of sp³-hybridized carbons (Fsp3) is 0.286.